The van der Waals surface area contributed by atoms with Gasteiger partial charge in [-0.3, -0.25) is 0 Å². The van der Waals surface area contributed by atoms with Crippen molar-refractivity contribution in [1.29, 1.82) is 0 Å². The second-order valence-corrected chi connectivity index (χ2v) is 10.3. The summed E-state index contributed by atoms with van der Waals surface area (Å²) in [4.78, 5) is 7.31. The molecular weight excluding hydrogens is 436 g/mol. The van der Waals surface area contributed by atoms with Gasteiger partial charge in [0, 0.05) is 29.6 Å². The number of hydrogen-bond donors (Lipinski definition) is 1. The molecule has 1 aromatic heterocycles. The summed E-state index contributed by atoms with van der Waals surface area (Å²) in [6, 6.07) is 26.3. The molecule has 1 fully saturated rings. The van der Waals surface area contributed by atoms with E-state index in [2.05, 4.69) is 89.6 Å². The predicted octanol–water partition coefficient (Wildman–Crippen LogP) is 6.95. The minimum absolute atomic E-state index is 0.103. The van der Waals surface area contributed by atoms with Crippen LogP contribution in [0.4, 0.5) is 0 Å². The Morgan fingerprint density at radius 1 is 1.00 bits per heavy atom. The molecule has 34 heavy (non-hydrogen) atoms. The first kappa shape index (κ1) is 21.4. The van der Waals surface area contributed by atoms with E-state index in [0.29, 0.717) is 11.8 Å². The maximum absolute atomic E-state index is 6.14. The third-order valence-corrected chi connectivity index (χ3v) is 8.05. The fraction of sp³-hybridized carbons (Fsp3) is 0.300. The molecule has 1 N–H and O–H groups in total. The van der Waals surface area contributed by atoms with Crippen LogP contribution >= 0.6 is 12.2 Å². The zero-order chi connectivity index (χ0) is 23.2. The summed E-state index contributed by atoms with van der Waals surface area (Å²) in [6.07, 6.45) is 3.23. The van der Waals surface area contributed by atoms with Gasteiger partial charge in [-0.2, -0.15) is 0 Å². The fourth-order valence-electron chi connectivity index (χ4n) is 5.68. The van der Waals surface area contributed by atoms with Crippen LogP contribution in [0, 0.1) is 12.8 Å². The molecule has 0 radical (unpaired) electrons. The number of rotatable bonds is 5. The van der Waals surface area contributed by atoms with Crippen molar-refractivity contribution in [3.05, 3.63) is 101 Å². The molecule has 0 saturated heterocycles. The summed E-state index contributed by atoms with van der Waals surface area (Å²) in [6.45, 7) is 3.10. The average Bonchev–Trinajstić information content (AvgIpc) is 3.53. The van der Waals surface area contributed by atoms with Crippen LogP contribution in [0.5, 0.6) is 5.75 Å². The number of H-pyrrole nitrogens is 1. The van der Waals surface area contributed by atoms with Gasteiger partial charge in [-0.15, -0.1) is 0 Å². The van der Waals surface area contributed by atoms with Gasteiger partial charge in [-0.1, -0.05) is 72.4 Å². The number of thiocarbonyl (C=S) groups is 1. The van der Waals surface area contributed by atoms with E-state index in [9.17, 15) is 0 Å². The molecule has 0 amide bonds. The van der Waals surface area contributed by atoms with E-state index in [4.69, 9.17) is 17.0 Å². The predicted molar refractivity (Wildman–Crippen MR) is 143 cm³/mol. The van der Waals surface area contributed by atoms with E-state index in [1.807, 2.05) is 0 Å². The number of aromatic amines is 1. The Morgan fingerprint density at radius 2 is 1.74 bits per heavy atom. The van der Waals surface area contributed by atoms with E-state index >= 15 is 0 Å². The Morgan fingerprint density at radius 3 is 2.50 bits per heavy atom. The van der Waals surface area contributed by atoms with Crippen LogP contribution in [0.1, 0.15) is 52.7 Å². The number of nitrogens with one attached hydrogen (secondary N) is 1. The summed E-state index contributed by atoms with van der Waals surface area (Å²) in [7, 11) is 1.72. The monoisotopic (exact) mass is 466 g/mol. The van der Waals surface area contributed by atoms with Gasteiger partial charge < -0.3 is 14.6 Å². The Bertz CT molecular complexity index is 1340. The minimum Gasteiger partial charge on any atom is -0.497 e. The number of methoxy groups -OCH3 is 1. The third-order valence-electron chi connectivity index (χ3n) is 7.65. The maximum Gasteiger partial charge on any atom is 0.118 e. The molecule has 6 rings (SSSR count). The van der Waals surface area contributed by atoms with Crippen LogP contribution in [-0.2, 0) is 6.42 Å². The van der Waals surface area contributed by atoms with Gasteiger partial charge in [0.15, 0.2) is 0 Å². The number of aryl methyl sites for hydroxylation is 1. The van der Waals surface area contributed by atoms with E-state index in [-0.39, 0.29) is 6.04 Å². The van der Waals surface area contributed by atoms with Crippen LogP contribution in [0.3, 0.4) is 0 Å². The first-order chi connectivity index (χ1) is 16.6. The zero-order valence-corrected chi connectivity index (χ0v) is 20.6. The largest absolute Gasteiger partial charge is 0.497 e. The molecule has 3 atom stereocenters. The molecule has 172 valence electrons. The number of fused-ring (bicyclic) bond motifs is 3. The summed E-state index contributed by atoms with van der Waals surface area (Å²) >= 11 is 6.14. The highest BCUT2D eigenvalue weighted by atomic mass is 32.1. The lowest BCUT2D eigenvalue weighted by Gasteiger charge is -2.38. The van der Waals surface area contributed by atoms with Crippen LogP contribution < -0.4 is 4.74 Å². The normalized spacial score (nSPS) is 21.4. The van der Waals surface area contributed by atoms with Gasteiger partial charge in [0.1, 0.15) is 5.75 Å². The Balaban J connectivity index is 1.30. The smallest absolute Gasteiger partial charge is 0.118 e. The molecule has 0 spiro atoms. The fourth-order valence-corrected chi connectivity index (χ4v) is 6.09. The molecule has 1 aliphatic heterocycles. The quantitative estimate of drug-likeness (QED) is 0.323. The van der Waals surface area contributed by atoms with E-state index in [1.165, 1.54) is 45.3 Å². The lowest BCUT2D eigenvalue weighted by atomic mass is 9.92. The van der Waals surface area contributed by atoms with Gasteiger partial charge in [0.2, 0.25) is 0 Å². The van der Waals surface area contributed by atoms with E-state index < -0.39 is 0 Å². The van der Waals surface area contributed by atoms with E-state index in [1.54, 1.807) is 7.11 Å². The van der Waals surface area contributed by atoms with Gasteiger partial charge in [0.05, 0.1) is 18.1 Å². The molecule has 3 nitrogen and oxygen atoms in total. The van der Waals surface area contributed by atoms with Crippen molar-refractivity contribution >= 4 is 28.1 Å². The number of aromatic nitrogens is 1. The van der Waals surface area contributed by atoms with Crippen molar-refractivity contribution in [1.82, 2.24) is 9.88 Å². The summed E-state index contributed by atoms with van der Waals surface area (Å²) < 4.78 is 5.42. The second kappa shape index (κ2) is 8.59. The third kappa shape index (κ3) is 3.80. The second-order valence-electron chi connectivity index (χ2n) is 9.79. The number of benzene rings is 3. The highest BCUT2D eigenvalue weighted by Gasteiger charge is 2.41. The molecule has 4 aromatic rings. The van der Waals surface area contributed by atoms with Crippen molar-refractivity contribution in [2.24, 2.45) is 5.92 Å². The number of para-hydroxylation sites is 1. The Hall–Kier alpha value is -3.11. The highest BCUT2D eigenvalue weighted by molar-refractivity contribution is 7.80. The SMILES string of the molecule is COc1ccc(C2c3[nH]c4ccccc4c3CCN2C(=S)CC2CC2c2ccc(C)cc2)cc1. The summed E-state index contributed by atoms with van der Waals surface area (Å²) in [5.41, 5.74) is 7.95. The van der Waals surface area contributed by atoms with Crippen LogP contribution in [-0.4, -0.2) is 28.5 Å². The van der Waals surface area contributed by atoms with Gasteiger partial charge >= 0.3 is 0 Å². The summed E-state index contributed by atoms with van der Waals surface area (Å²) in [5, 5.41) is 1.34. The molecule has 0 bridgehead atoms. The molecular formula is C30H30N2OS. The first-order valence-electron chi connectivity index (χ1n) is 12.2. The average molecular weight is 467 g/mol. The maximum atomic E-state index is 6.14. The highest BCUT2D eigenvalue weighted by Crippen LogP contribution is 2.50. The van der Waals surface area contributed by atoms with Crippen LogP contribution in [0.15, 0.2) is 72.8 Å². The number of ether oxygens (including phenoxy) is 1. The molecule has 1 saturated carbocycles. The minimum atomic E-state index is 0.103. The first-order valence-corrected chi connectivity index (χ1v) is 12.6. The molecule has 3 aromatic carbocycles. The van der Waals surface area contributed by atoms with Crippen molar-refractivity contribution in [3.63, 3.8) is 0 Å². The topological polar surface area (TPSA) is 28.3 Å². The zero-order valence-electron chi connectivity index (χ0n) is 19.8. The van der Waals surface area contributed by atoms with Crippen molar-refractivity contribution < 1.29 is 4.74 Å². The standard InChI is InChI=1S/C30H30N2OS/c1-19-7-9-20(10-8-19)26-17-22(26)18-28(34)32-16-15-25-24-5-3-4-6-27(24)31-29(25)30(32)21-11-13-23(33-2)14-12-21/h3-14,22,26,30-31H,15-18H2,1-2H3. The van der Waals surface area contributed by atoms with Gasteiger partial charge in [0.25, 0.3) is 0 Å². The van der Waals surface area contributed by atoms with Gasteiger partial charge in [-0.05, 0) is 66.5 Å². The van der Waals surface area contributed by atoms with Crippen molar-refractivity contribution in [2.45, 2.75) is 38.1 Å². The van der Waals surface area contributed by atoms with E-state index in [0.717, 1.165) is 30.1 Å². The molecule has 4 heteroatoms. The molecule has 3 unspecified atom stereocenters. The molecule has 2 heterocycles. The summed E-state index contributed by atoms with van der Waals surface area (Å²) in [5.74, 6) is 2.17. The Kier molecular flexibility index (Phi) is 5.41. The van der Waals surface area contributed by atoms with Gasteiger partial charge in [-0.25, -0.2) is 0 Å². The number of nitrogens with zero attached hydrogens (tertiary/aromatic N) is 1. The number of hydrogen-bond acceptors (Lipinski definition) is 2. The lowest BCUT2D eigenvalue weighted by Crippen LogP contribution is -2.40. The van der Waals surface area contributed by atoms with Crippen LogP contribution in [0.2, 0.25) is 0 Å². The lowest BCUT2D eigenvalue weighted by molar-refractivity contribution is 0.332. The van der Waals surface area contributed by atoms with Crippen molar-refractivity contribution in [2.75, 3.05) is 13.7 Å². The van der Waals surface area contributed by atoms with Crippen LogP contribution in [0.25, 0.3) is 10.9 Å². The Labute approximate surface area is 206 Å². The van der Waals surface area contributed by atoms with Crippen molar-refractivity contribution in [3.8, 4) is 5.75 Å². The molecule has 2 aliphatic rings. The molecule has 1 aliphatic carbocycles.